The summed E-state index contributed by atoms with van der Waals surface area (Å²) < 4.78 is 18.8. The van der Waals surface area contributed by atoms with Crippen molar-refractivity contribution in [2.45, 2.75) is 13.8 Å². The molecule has 33 heavy (non-hydrogen) atoms. The van der Waals surface area contributed by atoms with E-state index in [1.165, 1.54) is 23.5 Å². The van der Waals surface area contributed by atoms with Crippen molar-refractivity contribution in [3.63, 3.8) is 0 Å². The number of aryl methyl sites for hydroxylation is 1. The number of aromatic nitrogens is 1. The Morgan fingerprint density at radius 2 is 1.70 bits per heavy atom. The average molecular weight is 488 g/mol. The Balaban J connectivity index is 1.42. The zero-order valence-corrected chi connectivity index (χ0v) is 19.9. The molecule has 1 aromatic heterocycles. The summed E-state index contributed by atoms with van der Waals surface area (Å²) in [6, 6.07) is 11.4. The molecule has 9 heteroatoms. The number of amides is 2. The highest BCUT2D eigenvalue weighted by Gasteiger charge is 2.28. The van der Waals surface area contributed by atoms with E-state index in [1.54, 1.807) is 9.80 Å². The zero-order valence-electron chi connectivity index (χ0n) is 18.3. The molecule has 0 radical (unpaired) electrons. The van der Waals surface area contributed by atoms with Gasteiger partial charge < -0.3 is 14.5 Å². The van der Waals surface area contributed by atoms with E-state index >= 15 is 0 Å². The molecule has 1 aliphatic rings. The van der Waals surface area contributed by atoms with E-state index in [-0.39, 0.29) is 22.4 Å². The van der Waals surface area contributed by atoms with Crippen LogP contribution in [0.4, 0.5) is 4.39 Å². The first-order valence-corrected chi connectivity index (χ1v) is 11.8. The first-order valence-electron chi connectivity index (χ1n) is 10.6. The minimum atomic E-state index is -0.489. The fourth-order valence-corrected chi connectivity index (χ4v) is 4.96. The van der Waals surface area contributed by atoms with Gasteiger partial charge in [0.2, 0.25) is 0 Å². The summed E-state index contributed by atoms with van der Waals surface area (Å²) in [5.41, 5.74) is 1.87. The van der Waals surface area contributed by atoms with Crippen LogP contribution in [-0.4, -0.2) is 59.4 Å². The van der Waals surface area contributed by atoms with Crippen molar-refractivity contribution in [1.82, 2.24) is 14.8 Å². The van der Waals surface area contributed by atoms with Crippen LogP contribution in [0.1, 0.15) is 32.6 Å². The second-order valence-electron chi connectivity index (χ2n) is 7.60. The number of hydrogen-bond donors (Lipinski definition) is 0. The third-order valence-corrected chi connectivity index (χ3v) is 6.93. The third-order valence-electron chi connectivity index (χ3n) is 5.42. The lowest BCUT2D eigenvalue weighted by atomic mass is 10.1. The third kappa shape index (κ3) is 5.02. The van der Waals surface area contributed by atoms with Crippen molar-refractivity contribution in [2.75, 3.05) is 32.8 Å². The molecule has 172 valence electrons. The summed E-state index contributed by atoms with van der Waals surface area (Å²) >= 11 is 7.40. The molecule has 0 atom stereocenters. The van der Waals surface area contributed by atoms with Crippen LogP contribution in [0, 0.1) is 12.7 Å². The summed E-state index contributed by atoms with van der Waals surface area (Å²) in [6.07, 6.45) is 0. The molecule has 0 aliphatic carbocycles. The van der Waals surface area contributed by atoms with E-state index < -0.39 is 5.82 Å². The van der Waals surface area contributed by atoms with E-state index in [1.807, 2.05) is 38.1 Å². The van der Waals surface area contributed by atoms with Crippen LogP contribution in [0.25, 0.3) is 10.6 Å². The predicted octanol–water partition coefficient (Wildman–Crippen LogP) is 4.91. The van der Waals surface area contributed by atoms with E-state index in [0.29, 0.717) is 43.4 Å². The van der Waals surface area contributed by atoms with Crippen molar-refractivity contribution in [3.8, 4) is 16.3 Å². The van der Waals surface area contributed by atoms with E-state index in [4.69, 9.17) is 16.3 Å². The topological polar surface area (TPSA) is 62.7 Å². The summed E-state index contributed by atoms with van der Waals surface area (Å²) in [6.45, 7) is 5.92. The van der Waals surface area contributed by atoms with Crippen LogP contribution in [0.5, 0.6) is 5.75 Å². The second kappa shape index (κ2) is 9.89. The number of ether oxygens (including phenoxy) is 1. The molecule has 2 heterocycles. The number of carbonyl (C=O) groups is 2. The Hall–Kier alpha value is -2.97. The molecule has 4 rings (SSSR count). The summed E-state index contributed by atoms with van der Waals surface area (Å²) in [7, 11) is 0. The molecule has 2 amide bonds. The van der Waals surface area contributed by atoms with Gasteiger partial charge in [-0.3, -0.25) is 9.59 Å². The number of nitrogens with zero attached hydrogens (tertiary/aromatic N) is 3. The molecule has 0 bridgehead atoms. The van der Waals surface area contributed by atoms with Crippen molar-refractivity contribution in [1.29, 1.82) is 0 Å². The largest absolute Gasteiger partial charge is 0.494 e. The van der Waals surface area contributed by atoms with E-state index in [2.05, 4.69) is 4.98 Å². The fourth-order valence-electron chi connectivity index (χ4n) is 3.67. The summed E-state index contributed by atoms with van der Waals surface area (Å²) in [5, 5.41) is 0.860. The maximum atomic E-state index is 13.3. The van der Waals surface area contributed by atoms with Gasteiger partial charge in [-0.1, -0.05) is 11.6 Å². The Labute approximate surface area is 200 Å². The molecule has 1 fully saturated rings. The molecule has 0 saturated carbocycles. The van der Waals surface area contributed by atoms with Gasteiger partial charge in [-0.05, 0) is 56.3 Å². The lowest BCUT2D eigenvalue weighted by molar-refractivity contribution is 0.0537. The highest BCUT2D eigenvalue weighted by Crippen LogP contribution is 2.30. The molecule has 1 saturated heterocycles. The van der Waals surface area contributed by atoms with Gasteiger partial charge >= 0.3 is 0 Å². The van der Waals surface area contributed by atoms with E-state index in [9.17, 15) is 14.0 Å². The lowest BCUT2D eigenvalue weighted by Gasteiger charge is -2.34. The summed E-state index contributed by atoms with van der Waals surface area (Å²) in [4.78, 5) is 34.5. The first kappa shape index (κ1) is 23.2. The number of hydrogen-bond acceptors (Lipinski definition) is 5. The number of benzene rings is 2. The molecule has 0 N–H and O–H groups in total. The molecule has 3 aromatic rings. The summed E-state index contributed by atoms with van der Waals surface area (Å²) in [5.74, 6) is -0.0513. The van der Waals surface area contributed by atoms with Gasteiger partial charge in [0.1, 0.15) is 21.5 Å². The monoisotopic (exact) mass is 487 g/mol. The molecule has 0 unspecified atom stereocenters. The molecule has 6 nitrogen and oxygen atoms in total. The number of piperazine rings is 1. The molecule has 0 spiro atoms. The standard InChI is InChI=1S/C24H23ClFN3O3S/c1-3-32-18-7-4-16(5-8-18)22-27-15(2)21(33-22)24(31)29-12-10-28(11-13-29)23(30)19-9-6-17(26)14-20(19)25/h4-9,14H,3,10-13H2,1-2H3. The Morgan fingerprint density at radius 1 is 1.06 bits per heavy atom. The Kier molecular flexibility index (Phi) is 6.95. The number of thiazole rings is 1. The number of rotatable bonds is 5. The van der Waals surface area contributed by atoms with Crippen LogP contribution in [0.15, 0.2) is 42.5 Å². The smallest absolute Gasteiger partial charge is 0.265 e. The quantitative estimate of drug-likeness (QED) is 0.513. The molecule has 1 aliphatic heterocycles. The SMILES string of the molecule is CCOc1ccc(-c2nc(C)c(C(=O)N3CCN(C(=O)c4ccc(F)cc4Cl)CC3)s2)cc1. The number of carbonyl (C=O) groups excluding carboxylic acids is 2. The zero-order chi connectivity index (χ0) is 23.5. The van der Waals surface area contributed by atoms with Gasteiger partial charge in [-0.25, -0.2) is 9.37 Å². The van der Waals surface area contributed by atoms with Crippen LogP contribution in [0.2, 0.25) is 5.02 Å². The van der Waals surface area contributed by atoms with Crippen molar-refractivity contribution >= 4 is 34.8 Å². The van der Waals surface area contributed by atoms with Crippen LogP contribution in [-0.2, 0) is 0 Å². The van der Waals surface area contributed by atoms with Gasteiger partial charge in [0.15, 0.2) is 0 Å². The lowest BCUT2D eigenvalue weighted by Crippen LogP contribution is -2.50. The fraction of sp³-hybridized carbons (Fsp3) is 0.292. The first-order chi connectivity index (χ1) is 15.9. The highest BCUT2D eigenvalue weighted by atomic mass is 35.5. The van der Waals surface area contributed by atoms with Gasteiger partial charge in [-0.15, -0.1) is 11.3 Å². The van der Waals surface area contributed by atoms with Gasteiger partial charge in [-0.2, -0.15) is 0 Å². The minimum absolute atomic E-state index is 0.0839. The van der Waals surface area contributed by atoms with Crippen LogP contribution >= 0.6 is 22.9 Å². The maximum Gasteiger partial charge on any atom is 0.265 e. The second-order valence-corrected chi connectivity index (χ2v) is 9.01. The van der Waals surface area contributed by atoms with E-state index in [0.717, 1.165) is 22.4 Å². The number of halogens is 2. The van der Waals surface area contributed by atoms with Crippen molar-refractivity contribution in [2.24, 2.45) is 0 Å². The van der Waals surface area contributed by atoms with Crippen LogP contribution < -0.4 is 4.74 Å². The highest BCUT2D eigenvalue weighted by molar-refractivity contribution is 7.17. The predicted molar refractivity (Wildman–Crippen MR) is 127 cm³/mol. The normalized spacial score (nSPS) is 13.8. The van der Waals surface area contributed by atoms with Gasteiger partial charge in [0.05, 0.1) is 22.9 Å². The minimum Gasteiger partial charge on any atom is -0.494 e. The van der Waals surface area contributed by atoms with Crippen molar-refractivity contribution in [3.05, 3.63) is 69.4 Å². The van der Waals surface area contributed by atoms with Crippen LogP contribution in [0.3, 0.4) is 0 Å². The maximum absolute atomic E-state index is 13.3. The Morgan fingerprint density at radius 3 is 2.30 bits per heavy atom. The van der Waals surface area contributed by atoms with Crippen molar-refractivity contribution < 1.29 is 18.7 Å². The molecular weight excluding hydrogens is 465 g/mol. The molecule has 2 aromatic carbocycles. The van der Waals surface area contributed by atoms with Gasteiger partial charge in [0, 0.05) is 31.7 Å². The molecular formula is C24H23ClFN3O3S. The Bertz CT molecular complexity index is 1170. The van der Waals surface area contributed by atoms with Gasteiger partial charge in [0.25, 0.3) is 11.8 Å². The average Bonchev–Trinajstić information content (AvgIpc) is 3.20.